The average Bonchev–Trinajstić information content (AvgIpc) is 2.16. The van der Waals surface area contributed by atoms with Crippen LogP contribution in [0.2, 0.25) is 0 Å². The van der Waals surface area contributed by atoms with E-state index in [9.17, 15) is 4.39 Å². The Balaban J connectivity index is 2.54. The van der Waals surface area contributed by atoms with Gasteiger partial charge < -0.3 is 10.5 Å². The van der Waals surface area contributed by atoms with Gasteiger partial charge in [0.2, 0.25) is 0 Å². The van der Waals surface area contributed by atoms with Gasteiger partial charge in [0.05, 0.1) is 6.61 Å². The van der Waals surface area contributed by atoms with E-state index in [2.05, 4.69) is 0 Å². The topological polar surface area (TPSA) is 59.1 Å². The number of rotatable bonds is 4. The highest BCUT2D eigenvalue weighted by Crippen LogP contribution is 2.08. The highest BCUT2D eigenvalue weighted by molar-refractivity contribution is 5.81. The lowest BCUT2D eigenvalue weighted by atomic mass is 10.2. The van der Waals surface area contributed by atoms with E-state index in [4.69, 9.17) is 15.9 Å². The Hall–Kier alpha value is -1.42. The minimum absolute atomic E-state index is 0.0543. The van der Waals surface area contributed by atoms with Gasteiger partial charge in [-0.05, 0) is 13.0 Å². The van der Waals surface area contributed by atoms with Gasteiger partial charge in [0, 0.05) is 5.56 Å². The lowest BCUT2D eigenvalue weighted by molar-refractivity contribution is 0.0927. The van der Waals surface area contributed by atoms with Crippen LogP contribution in [0.4, 0.5) is 4.39 Å². The molecule has 76 valence electrons. The molecule has 0 aliphatic rings. The van der Waals surface area contributed by atoms with E-state index in [1.807, 2.05) is 0 Å². The van der Waals surface area contributed by atoms with Gasteiger partial charge in [-0.2, -0.15) is 0 Å². The van der Waals surface area contributed by atoms with Gasteiger partial charge in [0.1, 0.15) is 17.8 Å². The van der Waals surface area contributed by atoms with Crippen LogP contribution in [0.5, 0.6) is 0 Å². The van der Waals surface area contributed by atoms with Crippen LogP contribution in [0, 0.1) is 11.2 Å². The van der Waals surface area contributed by atoms with E-state index < -0.39 is 6.10 Å². The first-order chi connectivity index (χ1) is 6.61. The standard InChI is InChI=1S/C10H13FN2O/c1-7(10(12)13)14-6-8-4-2-3-5-9(8)11/h2-5,7H,6H2,1H3,(H3,12,13). The molecule has 1 rings (SSSR count). The normalized spacial score (nSPS) is 12.4. The third-order valence-corrected chi connectivity index (χ3v) is 1.88. The first-order valence-electron chi connectivity index (χ1n) is 4.30. The van der Waals surface area contributed by atoms with Crippen LogP contribution in [-0.2, 0) is 11.3 Å². The molecule has 0 amide bonds. The predicted molar refractivity (Wildman–Crippen MR) is 52.6 cm³/mol. The van der Waals surface area contributed by atoms with Crippen molar-refractivity contribution in [1.29, 1.82) is 5.41 Å². The smallest absolute Gasteiger partial charge is 0.128 e. The number of ether oxygens (including phenoxy) is 1. The minimum atomic E-state index is -0.477. The lowest BCUT2D eigenvalue weighted by Crippen LogP contribution is -2.27. The Bertz CT molecular complexity index is 328. The van der Waals surface area contributed by atoms with Crippen molar-refractivity contribution in [3.8, 4) is 0 Å². The number of nitrogens with one attached hydrogen (secondary N) is 1. The number of hydrogen-bond acceptors (Lipinski definition) is 2. The zero-order valence-electron chi connectivity index (χ0n) is 7.96. The molecule has 0 bridgehead atoms. The van der Waals surface area contributed by atoms with Crippen molar-refractivity contribution in [2.45, 2.75) is 19.6 Å². The number of benzene rings is 1. The van der Waals surface area contributed by atoms with E-state index in [1.54, 1.807) is 25.1 Å². The van der Waals surface area contributed by atoms with E-state index >= 15 is 0 Å². The average molecular weight is 196 g/mol. The summed E-state index contributed by atoms with van der Waals surface area (Å²) in [7, 11) is 0. The van der Waals surface area contributed by atoms with Gasteiger partial charge in [-0.25, -0.2) is 4.39 Å². The van der Waals surface area contributed by atoms with Crippen molar-refractivity contribution in [3.05, 3.63) is 35.6 Å². The SMILES string of the molecule is CC(OCc1ccccc1F)C(=N)N. The van der Waals surface area contributed by atoms with E-state index in [-0.39, 0.29) is 18.3 Å². The van der Waals surface area contributed by atoms with Crippen LogP contribution < -0.4 is 5.73 Å². The fraction of sp³-hybridized carbons (Fsp3) is 0.300. The van der Waals surface area contributed by atoms with Crippen molar-refractivity contribution in [2.24, 2.45) is 5.73 Å². The Morgan fingerprint density at radius 1 is 1.57 bits per heavy atom. The molecule has 0 saturated carbocycles. The first kappa shape index (κ1) is 10.7. The van der Waals surface area contributed by atoms with E-state index in [0.717, 1.165) is 0 Å². The van der Waals surface area contributed by atoms with Crippen LogP contribution in [0.3, 0.4) is 0 Å². The summed E-state index contributed by atoms with van der Waals surface area (Å²) in [5, 5.41) is 7.08. The molecule has 0 aromatic heterocycles. The molecule has 4 heteroatoms. The number of amidine groups is 1. The van der Waals surface area contributed by atoms with Gasteiger partial charge in [-0.3, -0.25) is 5.41 Å². The molecule has 1 aromatic rings. The van der Waals surface area contributed by atoms with Crippen LogP contribution in [0.25, 0.3) is 0 Å². The maximum absolute atomic E-state index is 13.1. The molecule has 0 saturated heterocycles. The molecule has 14 heavy (non-hydrogen) atoms. The first-order valence-corrected chi connectivity index (χ1v) is 4.30. The number of halogens is 1. The van der Waals surface area contributed by atoms with Crippen molar-refractivity contribution >= 4 is 5.84 Å². The molecule has 0 aliphatic heterocycles. The quantitative estimate of drug-likeness (QED) is 0.568. The molecule has 0 spiro atoms. The number of nitrogens with two attached hydrogens (primary N) is 1. The van der Waals surface area contributed by atoms with Gasteiger partial charge in [0.25, 0.3) is 0 Å². The van der Waals surface area contributed by atoms with Crippen molar-refractivity contribution in [3.63, 3.8) is 0 Å². The summed E-state index contributed by atoms with van der Waals surface area (Å²) in [5.41, 5.74) is 5.68. The third kappa shape index (κ3) is 2.81. The van der Waals surface area contributed by atoms with Crippen LogP contribution in [0.15, 0.2) is 24.3 Å². The molecule has 1 atom stereocenters. The Labute approximate surface area is 82.2 Å². The zero-order chi connectivity index (χ0) is 10.6. The molecule has 0 radical (unpaired) electrons. The summed E-state index contributed by atoms with van der Waals surface area (Å²) < 4.78 is 18.3. The highest BCUT2D eigenvalue weighted by atomic mass is 19.1. The fourth-order valence-corrected chi connectivity index (χ4v) is 0.920. The second-order valence-electron chi connectivity index (χ2n) is 3.00. The molecule has 3 nitrogen and oxygen atoms in total. The van der Waals surface area contributed by atoms with Gasteiger partial charge in [0.15, 0.2) is 0 Å². The molecule has 0 heterocycles. The summed E-state index contributed by atoms with van der Waals surface area (Å²) in [6.07, 6.45) is -0.477. The fourth-order valence-electron chi connectivity index (χ4n) is 0.920. The molecule has 1 unspecified atom stereocenters. The van der Waals surface area contributed by atoms with Gasteiger partial charge >= 0.3 is 0 Å². The largest absolute Gasteiger partial charge is 0.385 e. The van der Waals surface area contributed by atoms with Crippen molar-refractivity contribution < 1.29 is 9.13 Å². The Morgan fingerprint density at radius 2 is 2.21 bits per heavy atom. The zero-order valence-corrected chi connectivity index (χ0v) is 7.96. The highest BCUT2D eigenvalue weighted by Gasteiger charge is 2.07. The van der Waals surface area contributed by atoms with Gasteiger partial charge in [-0.1, -0.05) is 18.2 Å². The second-order valence-corrected chi connectivity index (χ2v) is 3.00. The van der Waals surface area contributed by atoms with Crippen LogP contribution >= 0.6 is 0 Å². The molecular weight excluding hydrogens is 183 g/mol. The molecule has 1 aromatic carbocycles. The third-order valence-electron chi connectivity index (χ3n) is 1.88. The van der Waals surface area contributed by atoms with Crippen molar-refractivity contribution in [2.75, 3.05) is 0 Å². The lowest BCUT2D eigenvalue weighted by Gasteiger charge is -2.11. The molecular formula is C10H13FN2O. The summed E-state index contributed by atoms with van der Waals surface area (Å²) in [6, 6.07) is 6.37. The maximum atomic E-state index is 13.1. The Morgan fingerprint density at radius 3 is 2.79 bits per heavy atom. The Kier molecular flexibility index (Phi) is 3.59. The summed E-state index contributed by atoms with van der Waals surface area (Å²) in [4.78, 5) is 0. The monoisotopic (exact) mass is 196 g/mol. The summed E-state index contributed by atoms with van der Waals surface area (Å²) in [5.74, 6) is -0.357. The number of hydrogen-bond donors (Lipinski definition) is 2. The van der Waals surface area contributed by atoms with E-state index in [1.165, 1.54) is 6.07 Å². The maximum Gasteiger partial charge on any atom is 0.128 e. The van der Waals surface area contributed by atoms with Crippen LogP contribution in [-0.4, -0.2) is 11.9 Å². The minimum Gasteiger partial charge on any atom is -0.385 e. The van der Waals surface area contributed by atoms with Gasteiger partial charge in [-0.15, -0.1) is 0 Å². The predicted octanol–water partition coefficient (Wildman–Crippen LogP) is 1.67. The molecule has 3 N–H and O–H groups in total. The van der Waals surface area contributed by atoms with E-state index in [0.29, 0.717) is 5.56 Å². The molecule has 0 fully saturated rings. The van der Waals surface area contributed by atoms with Crippen LogP contribution in [0.1, 0.15) is 12.5 Å². The summed E-state index contributed by atoms with van der Waals surface area (Å²) >= 11 is 0. The van der Waals surface area contributed by atoms with Crippen molar-refractivity contribution in [1.82, 2.24) is 0 Å². The summed E-state index contributed by atoms with van der Waals surface area (Å²) in [6.45, 7) is 1.79. The second kappa shape index (κ2) is 4.72. The molecule has 0 aliphatic carbocycles.